The van der Waals surface area contributed by atoms with E-state index in [1.165, 1.54) is 43.1 Å². The van der Waals surface area contributed by atoms with Crippen molar-refractivity contribution in [2.75, 3.05) is 0 Å². The van der Waals surface area contributed by atoms with Crippen LogP contribution in [0.3, 0.4) is 0 Å². The number of rotatable bonds is 2. The molecule has 1 heteroatoms. The van der Waals surface area contributed by atoms with E-state index in [1.807, 2.05) is 0 Å². The van der Waals surface area contributed by atoms with Gasteiger partial charge in [0.25, 0.3) is 0 Å². The van der Waals surface area contributed by atoms with Crippen molar-refractivity contribution < 1.29 is 26.2 Å². The Balaban J connectivity index is 0.000001000. The van der Waals surface area contributed by atoms with Gasteiger partial charge in [-0.1, -0.05) is 95.7 Å². The second-order valence-corrected chi connectivity index (χ2v) is 6.91. The predicted molar refractivity (Wildman–Crippen MR) is 121 cm³/mol. The number of hydrogen-bond donors (Lipinski definition) is 0. The van der Waals surface area contributed by atoms with Crippen molar-refractivity contribution in [3.05, 3.63) is 143 Å². The maximum absolute atomic E-state index is 3.69. The monoisotopic (exact) mass is 451 g/mol. The SMILES string of the molecule is CC(c1ccccc1)=c1ccc2c(c1C1C=CC=C1)[C-]=c1ccccc1=2.[CH3-].[CH3-].[Zr+3]. The Morgan fingerprint density at radius 1 is 0.759 bits per heavy atom. The Morgan fingerprint density at radius 3 is 2.14 bits per heavy atom. The van der Waals surface area contributed by atoms with Gasteiger partial charge in [-0.2, -0.15) is 0 Å². The molecule has 0 N–H and O–H groups in total. The topological polar surface area (TPSA) is 0 Å². The van der Waals surface area contributed by atoms with Gasteiger partial charge in [0.15, 0.2) is 0 Å². The predicted octanol–water partition coefficient (Wildman–Crippen LogP) is 5.32. The molecular weight excluding hydrogens is 428 g/mol. The molecule has 0 aliphatic heterocycles. The maximum Gasteiger partial charge on any atom is 3.00 e. The van der Waals surface area contributed by atoms with E-state index in [1.54, 1.807) is 0 Å². The Hall–Kier alpha value is -2.24. The maximum atomic E-state index is 3.69. The van der Waals surface area contributed by atoms with Gasteiger partial charge >= 0.3 is 26.2 Å². The van der Waals surface area contributed by atoms with Crippen molar-refractivity contribution in [1.29, 1.82) is 0 Å². The van der Waals surface area contributed by atoms with Crippen LogP contribution in [-0.4, -0.2) is 0 Å². The molecule has 0 amide bonds. The van der Waals surface area contributed by atoms with Gasteiger partial charge in [-0.05, 0) is 24.0 Å². The summed E-state index contributed by atoms with van der Waals surface area (Å²) in [6.07, 6.45) is 12.5. The molecule has 0 atom stereocenters. The Kier molecular flexibility index (Phi) is 7.56. The third-order valence-corrected chi connectivity index (χ3v) is 5.41. The van der Waals surface area contributed by atoms with Crippen molar-refractivity contribution in [2.24, 2.45) is 0 Å². The van der Waals surface area contributed by atoms with Gasteiger partial charge in [-0.3, -0.25) is 0 Å². The van der Waals surface area contributed by atoms with E-state index in [4.69, 9.17) is 0 Å². The Labute approximate surface area is 193 Å². The third-order valence-electron chi connectivity index (χ3n) is 5.41. The Bertz CT molecular complexity index is 1270. The average molecular weight is 453 g/mol. The molecule has 5 rings (SSSR count). The molecule has 2 aliphatic carbocycles. The molecule has 0 heterocycles. The third kappa shape index (κ3) is 3.94. The molecule has 0 saturated heterocycles. The molecular formula is C28H25Zr. The number of benzene rings is 3. The summed E-state index contributed by atoms with van der Waals surface area (Å²) in [5.41, 5.74) is 5.20. The summed E-state index contributed by atoms with van der Waals surface area (Å²) >= 11 is 0. The zero-order chi connectivity index (χ0) is 17.5. The molecule has 141 valence electrons. The summed E-state index contributed by atoms with van der Waals surface area (Å²) in [5, 5.41) is 5.10. The first kappa shape index (κ1) is 23.0. The van der Waals surface area contributed by atoms with E-state index >= 15 is 0 Å². The van der Waals surface area contributed by atoms with E-state index in [0.717, 1.165) is 0 Å². The summed E-state index contributed by atoms with van der Waals surface area (Å²) in [6.45, 7) is 2.23. The van der Waals surface area contributed by atoms with Crippen LogP contribution in [0.4, 0.5) is 0 Å². The number of fused-ring (bicyclic) bond motifs is 2. The molecule has 3 aromatic carbocycles. The van der Waals surface area contributed by atoms with Crippen molar-refractivity contribution in [3.8, 4) is 0 Å². The summed E-state index contributed by atoms with van der Waals surface area (Å²) < 4.78 is 0. The normalized spacial score (nSPS) is 14.0. The van der Waals surface area contributed by atoms with Crippen LogP contribution in [0.15, 0.2) is 91.0 Å². The fourth-order valence-corrected chi connectivity index (χ4v) is 4.08. The minimum atomic E-state index is 0. The molecule has 29 heavy (non-hydrogen) atoms. The van der Waals surface area contributed by atoms with Gasteiger partial charge in [0.2, 0.25) is 0 Å². The smallest absolute Gasteiger partial charge is 0.358 e. The van der Waals surface area contributed by atoms with Crippen LogP contribution in [0.5, 0.6) is 0 Å². The van der Waals surface area contributed by atoms with E-state index in [9.17, 15) is 0 Å². The number of allylic oxidation sites excluding steroid dienone is 4. The number of hydrogen-bond acceptors (Lipinski definition) is 0. The quantitative estimate of drug-likeness (QED) is 0.361. The molecule has 3 aromatic rings. The van der Waals surface area contributed by atoms with Crippen LogP contribution >= 0.6 is 0 Å². The van der Waals surface area contributed by atoms with Crippen molar-refractivity contribution >= 4 is 11.6 Å². The van der Waals surface area contributed by atoms with E-state index in [0.29, 0.717) is 5.92 Å². The van der Waals surface area contributed by atoms with Gasteiger partial charge in [0.05, 0.1) is 0 Å². The first-order valence-electron chi connectivity index (χ1n) is 9.10. The molecule has 0 nitrogen and oxygen atoms in total. The summed E-state index contributed by atoms with van der Waals surface area (Å²) in [4.78, 5) is 0. The van der Waals surface area contributed by atoms with E-state index in [-0.39, 0.29) is 41.1 Å². The van der Waals surface area contributed by atoms with Gasteiger partial charge in [-0.15, -0.1) is 33.4 Å². The first-order valence-corrected chi connectivity index (χ1v) is 9.10. The van der Waals surface area contributed by atoms with Crippen LogP contribution in [0.25, 0.3) is 11.6 Å². The average Bonchev–Trinajstić information content (AvgIpc) is 3.35. The van der Waals surface area contributed by atoms with Crippen LogP contribution < -0.4 is 10.4 Å². The molecule has 1 radical (unpaired) electrons. The second-order valence-electron chi connectivity index (χ2n) is 6.91. The van der Waals surface area contributed by atoms with Gasteiger partial charge < -0.3 is 14.9 Å². The van der Waals surface area contributed by atoms with Crippen LogP contribution in [0, 0.1) is 25.3 Å². The Morgan fingerprint density at radius 2 is 1.41 bits per heavy atom. The molecule has 0 fully saturated rings. The minimum absolute atomic E-state index is 0. The van der Waals surface area contributed by atoms with Gasteiger partial charge in [0.1, 0.15) is 0 Å². The standard InChI is InChI=1S/C26H19.2CH3.Zr/c1-18(19-9-3-2-4-10-19)22-15-16-24-23-14-8-7-13-21(23)17-25(24)26(22)20-11-5-6-12-20;;;/h2-16,20H,1H3;2*1H3;/q3*-1;+3. The zero-order valence-electron chi connectivity index (χ0n) is 17.2. The summed E-state index contributed by atoms with van der Waals surface area (Å²) in [7, 11) is 0. The van der Waals surface area contributed by atoms with Crippen molar-refractivity contribution in [1.82, 2.24) is 0 Å². The largest absolute Gasteiger partial charge is 3.00 e. The van der Waals surface area contributed by atoms with Gasteiger partial charge in [0, 0.05) is 0 Å². The zero-order valence-corrected chi connectivity index (χ0v) is 19.7. The fraction of sp³-hybridized carbons (Fsp3) is 0.0714. The minimum Gasteiger partial charge on any atom is -0.358 e. The molecule has 0 aromatic heterocycles. The van der Waals surface area contributed by atoms with Crippen molar-refractivity contribution in [2.45, 2.75) is 12.8 Å². The van der Waals surface area contributed by atoms with Crippen LogP contribution in [0.2, 0.25) is 0 Å². The first-order chi connectivity index (χ1) is 12.8. The fourth-order valence-electron chi connectivity index (χ4n) is 4.08. The molecule has 0 unspecified atom stereocenters. The van der Waals surface area contributed by atoms with Crippen molar-refractivity contribution in [3.63, 3.8) is 0 Å². The van der Waals surface area contributed by atoms with Crippen LogP contribution in [0.1, 0.15) is 29.5 Å². The molecule has 2 aliphatic rings. The van der Waals surface area contributed by atoms with Gasteiger partial charge in [-0.25, -0.2) is 0 Å². The van der Waals surface area contributed by atoms with E-state index in [2.05, 4.69) is 104 Å². The van der Waals surface area contributed by atoms with E-state index < -0.39 is 0 Å². The van der Waals surface area contributed by atoms with Crippen LogP contribution in [-0.2, 0) is 26.2 Å². The molecule has 0 spiro atoms. The summed E-state index contributed by atoms with van der Waals surface area (Å²) in [5.74, 6) is 0.306. The summed E-state index contributed by atoms with van der Waals surface area (Å²) in [6, 6.07) is 23.8. The second kappa shape index (κ2) is 9.51. The molecule has 0 saturated carbocycles. The molecule has 0 bridgehead atoms.